The standard InChI is InChI=1S/C26H27ClN4O/c27-19-6-7-21-23(17-30-25(21)16-19)18-9-14-31(15-10-18)13-3-11-29-26(32)22-8-12-28-24-5-2-1-4-20(22)24/h1-2,4-8,12,16-18,30H,3,9-11,13-15H2,(H,29,32). The molecule has 1 aliphatic rings. The second-order valence-electron chi connectivity index (χ2n) is 8.53. The van der Waals surface area contributed by atoms with Gasteiger partial charge >= 0.3 is 0 Å². The maximum atomic E-state index is 12.6. The highest BCUT2D eigenvalue weighted by atomic mass is 35.5. The molecular formula is C26H27ClN4O. The summed E-state index contributed by atoms with van der Waals surface area (Å²) in [6.07, 6.45) is 7.12. The largest absolute Gasteiger partial charge is 0.361 e. The van der Waals surface area contributed by atoms with Crippen molar-refractivity contribution in [1.29, 1.82) is 0 Å². The SMILES string of the molecule is O=C(NCCCN1CCC(c2c[nH]c3cc(Cl)ccc23)CC1)c1ccnc2ccccc12. The van der Waals surface area contributed by atoms with Gasteiger partial charge in [0, 0.05) is 40.3 Å². The monoisotopic (exact) mass is 446 g/mol. The summed E-state index contributed by atoms with van der Waals surface area (Å²) in [6, 6.07) is 15.7. The van der Waals surface area contributed by atoms with Crippen LogP contribution in [-0.4, -0.2) is 47.0 Å². The van der Waals surface area contributed by atoms with E-state index in [-0.39, 0.29) is 5.91 Å². The first kappa shape index (κ1) is 21.0. The number of H-pyrrole nitrogens is 1. The van der Waals surface area contributed by atoms with Gasteiger partial charge in [0.2, 0.25) is 0 Å². The number of nitrogens with zero attached hydrogens (tertiary/aromatic N) is 2. The van der Waals surface area contributed by atoms with Crippen molar-refractivity contribution in [2.45, 2.75) is 25.2 Å². The van der Waals surface area contributed by atoms with E-state index in [4.69, 9.17) is 11.6 Å². The highest BCUT2D eigenvalue weighted by Crippen LogP contribution is 2.34. The van der Waals surface area contributed by atoms with E-state index in [2.05, 4.69) is 32.4 Å². The van der Waals surface area contributed by atoms with E-state index in [1.165, 1.54) is 10.9 Å². The van der Waals surface area contributed by atoms with E-state index < -0.39 is 0 Å². The highest BCUT2D eigenvalue weighted by molar-refractivity contribution is 6.31. The molecule has 0 radical (unpaired) electrons. The van der Waals surface area contributed by atoms with Crippen LogP contribution in [0.5, 0.6) is 0 Å². The summed E-state index contributed by atoms with van der Waals surface area (Å²) >= 11 is 6.12. The number of pyridine rings is 1. The van der Waals surface area contributed by atoms with Gasteiger partial charge in [-0.25, -0.2) is 0 Å². The van der Waals surface area contributed by atoms with Crippen molar-refractivity contribution in [3.63, 3.8) is 0 Å². The zero-order valence-corrected chi connectivity index (χ0v) is 18.7. The predicted octanol–water partition coefficient (Wildman–Crippen LogP) is 5.37. The Hall–Kier alpha value is -2.89. The molecule has 1 fully saturated rings. The third-order valence-corrected chi connectivity index (χ3v) is 6.77. The number of carbonyl (C=O) groups is 1. The average molecular weight is 447 g/mol. The van der Waals surface area contributed by atoms with Crippen LogP contribution in [0.3, 0.4) is 0 Å². The Morgan fingerprint density at radius 1 is 1.12 bits per heavy atom. The van der Waals surface area contributed by atoms with Gasteiger partial charge in [0.25, 0.3) is 5.91 Å². The molecule has 6 heteroatoms. The van der Waals surface area contributed by atoms with E-state index in [1.807, 2.05) is 36.4 Å². The van der Waals surface area contributed by atoms with Gasteiger partial charge in [-0.3, -0.25) is 9.78 Å². The van der Waals surface area contributed by atoms with Gasteiger partial charge in [0.15, 0.2) is 0 Å². The van der Waals surface area contributed by atoms with Gasteiger partial charge in [0.05, 0.1) is 11.1 Å². The first-order chi connectivity index (χ1) is 15.7. The summed E-state index contributed by atoms with van der Waals surface area (Å²) < 4.78 is 0. The normalized spacial score (nSPS) is 15.4. The fourth-order valence-electron chi connectivity index (χ4n) is 4.82. The molecule has 0 bridgehead atoms. The number of likely N-dealkylation sites (tertiary alicyclic amines) is 1. The molecule has 2 aromatic carbocycles. The Morgan fingerprint density at radius 2 is 1.97 bits per heavy atom. The Labute approximate surface area is 192 Å². The molecule has 1 amide bonds. The number of hydrogen-bond donors (Lipinski definition) is 2. The van der Waals surface area contributed by atoms with Gasteiger partial charge in [-0.1, -0.05) is 35.9 Å². The Bertz CT molecular complexity index is 1240. The van der Waals surface area contributed by atoms with E-state index >= 15 is 0 Å². The van der Waals surface area contributed by atoms with Crippen LogP contribution < -0.4 is 5.32 Å². The topological polar surface area (TPSA) is 61.0 Å². The Balaban J connectivity index is 1.10. The van der Waals surface area contributed by atoms with Crippen molar-refractivity contribution in [1.82, 2.24) is 20.2 Å². The highest BCUT2D eigenvalue weighted by Gasteiger charge is 2.22. The van der Waals surface area contributed by atoms with Crippen LogP contribution in [0.1, 0.15) is 41.1 Å². The lowest BCUT2D eigenvalue weighted by Crippen LogP contribution is -2.35. The molecule has 1 aliphatic heterocycles. The second-order valence-corrected chi connectivity index (χ2v) is 8.97. The molecule has 0 spiro atoms. The number of aromatic amines is 1. The van der Waals surface area contributed by atoms with Crippen molar-refractivity contribution in [2.75, 3.05) is 26.2 Å². The molecule has 0 unspecified atom stereocenters. The minimum atomic E-state index is -0.0262. The number of rotatable bonds is 6. The van der Waals surface area contributed by atoms with Crippen molar-refractivity contribution in [3.8, 4) is 0 Å². The maximum absolute atomic E-state index is 12.6. The summed E-state index contributed by atoms with van der Waals surface area (Å²) in [5, 5.41) is 6.03. The minimum Gasteiger partial charge on any atom is -0.361 e. The number of hydrogen-bond acceptors (Lipinski definition) is 3. The van der Waals surface area contributed by atoms with E-state index in [1.54, 1.807) is 12.3 Å². The van der Waals surface area contributed by atoms with Crippen LogP contribution in [0, 0.1) is 0 Å². The third-order valence-electron chi connectivity index (χ3n) is 6.53. The second kappa shape index (κ2) is 9.31. The van der Waals surface area contributed by atoms with Crippen molar-refractivity contribution in [3.05, 3.63) is 77.1 Å². The molecule has 1 saturated heterocycles. The number of nitrogens with one attached hydrogen (secondary N) is 2. The molecule has 5 rings (SSSR count). The molecule has 0 atom stereocenters. The number of para-hydroxylation sites is 1. The Morgan fingerprint density at radius 3 is 2.84 bits per heavy atom. The smallest absolute Gasteiger partial charge is 0.252 e. The molecule has 5 nitrogen and oxygen atoms in total. The van der Waals surface area contributed by atoms with E-state index in [0.717, 1.165) is 60.3 Å². The van der Waals surface area contributed by atoms with Gasteiger partial charge < -0.3 is 15.2 Å². The lowest BCUT2D eigenvalue weighted by molar-refractivity contribution is 0.0952. The first-order valence-electron chi connectivity index (χ1n) is 11.3. The number of halogens is 1. The number of aromatic nitrogens is 2. The summed E-state index contributed by atoms with van der Waals surface area (Å²) in [5.74, 6) is 0.558. The van der Waals surface area contributed by atoms with Crippen molar-refractivity contribution >= 4 is 39.3 Å². The summed E-state index contributed by atoms with van der Waals surface area (Å²) in [7, 11) is 0. The molecular weight excluding hydrogens is 420 g/mol. The number of piperidine rings is 1. The number of amides is 1. The summed E-state index contributed by atoms with van der Waals surface area (Å²) in [5.41, 5.74) is 4.07. The quantitative estimate of drug-likeness (QED) is 0.391. The lowest BCUT2D eigenvalue weighted by Gasteiger charge is -2.32. The van der Waals surface area contributed by atoms with Crippen molar-refractivity contribution in [2.24, 2.45) is 0 Å². The predicted molar refractivity (Wildman–Crippen MR) is 130 cm³/mol. The maximum Gasteiger partial charge on any atom is 0.252 e. The molecule has 4 aromatic rings. The summed E-state index contributed by atoms with van der Waals surface area (Å²) in [4.78, 5) is 22.9. The number of benzene rings is 2. The number of fused-ring (bicyclic) bond motifs is 2. The van der Waals surface area contributed by atoms with Gasteiger partial charge in [0.1, 0.15) is 0 Å². The third kappa shape index (κ3) is 4.36. The fourth-order valence-corrected chi connectivity index (χ4v) is 4.99. The molecule has 0 saturated carbocycles. The van der Waals surface area contributed by atoms with Crippen LogP contribution in [0.25, 0.3) is 21.8 Å². The minimum absolute atomic E-state index is 0.0262. The molecule has 32 heavy (non-hydrogen) atoms. The number of carbonyl (C=O) groups excluding carboxylic acids is 1. The molecule has 0 aliphatic carbocycles. The molecule has 3 heterocycles. The molecule has 2 N–H and O–H groups in total. The van der Waals surface area contributed by atoms with Crippen LogP contribution in [0.4, 0.5) is 0 Å². The molecule has 164 valence electrons. The van der Waals surface area contributed by atoms with Gasteiger partial charge in [-0.05, 0) is 74.6 Å². The van der Waals surface area contributed by atoms with E-state index in [0.29, 0.717) is 18.0 Å². The van der Waals surface area contributed by atoms with Crippen molar-refractivity contribution < 1.29 is 4.79 Å². The lowest BCUT2D eigenvalue weighted by atomic mass is 9.89. The van der Waals surface area contributed by atoms with Crippen LogP contribution in [0.15, 0.2) is 60.9 Å². The van der Waals surface area contributed by atoms with Gasteiger partial charge in [-0.15, -0.1) is 0 Å². The summed E-state index contributed by atoms with van der Waals surface area (Å²) in [6.45, 7) is 3.87. The first-order valence-corrected chi connectivity index (χ1v) is 11.7. The Kier molecular flexibility index (Phi) is 6.10. The van der Waals surface area contributed by atoms with Crippen LogP contribution in [-0.2, 0) is 0 Å². The van der Waals surface area contributed by atoms with Gasteiger partial charge in [-0.2, -0.15) is 0 Å². The fraction of sp³-hybridized carbons (Fsp3) is 0.308. The van der Waals surface area contributed by atoms with E-state index in [9.17, 15) is 4.79 Å². The molecule has 2 aromatic heterocycles. The average Bonchev–Trinajstić information content (AvgIpc) is 3.24. The van der Waals surface area contributed by atoms with Crippen LogP contribution in [0.2, 0.25) is 5.02 Å². The zero-order valence-electron chi connectivity index (χ0n) is 18.0. The van der Waals surface area contributed by atoms with Crippen LogP contribution >= 0.6 is 11.6 Å². The zero-order chi connectivity index (χ0) is 21.9.